The average Bonchev–Trinajstić information content (AvgIpc) is 3.85. The second-order valence-corrected chi connectivity index (χ2v) is 13.2. The van der Waals surface area contributed by atoms with Crippen molar-refractivity contribution in [2.45, 2.75) is 45.0 Å². The van der Waals surface area contributed by atoms with Gasteiger partial charge in [0, 0.05) is 51.0 Å². The molecular formula is C37H38F2N10O4. The Balaban J connectivity index is 1.25. The lowest BCUT2D eigenvalue weighted by Crippen LogP contribution is -2.47. The summed E-state index contributed by atoms with van der Waals surface area (Å²) < 4.78 is 50.0. The molecule has 6 heterocycles. The monoisotopic (exact) mass is 724 g/mol. The number of methoxy groups -OCH3 is 2. The van der Waals surface area contributed by atoms with Crippen molar-refractivity contribution in [1.29, 1.82) is 0 Å². The molecule has 2 aliphatic rings. The van der Waals surface area contributed by atoms with Gasteiger partial charge < -0.3 is 33.9 Å². The molecular weight excluding hydrogens is 686 g/mol. The van der Waals surface area contributed by atoms with Crippen molar-refractivity contribution >= 4 is 39.6 Å². The molecule has 3 atom stereocenters. The van der Waals surface area contributed by atoms with E-state index in [1.54, 1.807) is 36.0 Å². The van der Waals surface area contributed by atoms with Gasteiger partial charge in [0.1, 0.15) is 46.6 Å². The zero-order valence-electron chi connectivity index (χ0n) is 29.9. The van der Waals surface area contributed by atoms with Crippen LogP contribution >= 0.6 is 0 Å². The molecule has 0 spiro atoms. The molecule has 1 amide bonds. The predicted molar refractivity (Wildman–Crippen MR) is 194 cm³/mol. The maximum atomic E-state index is 15.0. The maximum Gasteiger partial charge on any atom is 0.320 e. The minimum absolute atomic E-state index is 0.0951. The van der Waals surface area contributed by atoms with Crippen LogP contribution in [-0.4, -0.2) is 104 Å². The quantitative estimate of drug-likeness (QED) is 0.255. The molecule has 0 unspecified atom stereocenters. The Hall–Kier alpha value is -5.90. The normalized spacial score (nSPS) is 19.0. The maximum absolute atomic E-state index is 15.0. The Morgan fingerprint density at radius 3 is 2.62 bits per heavy atom. The number of carbonyl (C=O) groups is 1. The second kappa shape index (κ2) is 13.6. The highest BCUT2D eigenvalue weighted by Gasteiger charge is 2.41. The zero-order valence-corrected chi connectivity index (χ0v) is 29.9. The topological polar surface area (TPSA) is 138 Å². The fourth-order valence-corrected chi connectivity index (χ4v) is 7.40. The van der Waals surface area contributed by atoms with E-state index in [9.17, 15) is 9.18 Å². The zero-order chi connectivity index (χ0) is 37.0. The molecule has 14 nitrogen and oxygen atoms in total. The standard InChI is InChI=1S/C37H38F2N10O4/c1-6-53-37-44-34(26-16-40-49(35(26)45-37)29-11-10-21(38)14-31(29)52-5)48-17-23-15-30(48)36(50)46(3)18-24(51-4)19-47-20(2)41-28-13-22(39)12-25(33(28)47)27-8-7-9-32(42-23)43-27/h7-14,16,23-24,30H,6,15,17-19H2,1-5H3,(H,42,43)/t23-,24-,30-/m0/s1. The Morgan fingerprint density at radius 2 is 1.83 bits per heavy atom. The summed E-state index contributed by atoms with van der Waals surface area (Å²) in [4.78, 5) is 37.3. The highest BCUT2D eigenvalue weighted by molar-refractivity contribution is 5.94. The van der Waals surface area contributed by atoms with Crippen molar-refractivity contribution < 1.29 is 27.8 Å². The van der Waals surface area contributed by atoms with E-state index in [-0.39, 0.29) is 30.3 Å². The van der Waals surface area contributed by atoms with E-state index >= 15 is 4.39 Å². The summed E-state index contributed by atoms with van der Waals surface area (Å²) in [5.74, 6) is 0.956. The number of anilines is 2. The molecule has 1 N–H and O–H groups in total. The number of nitrogens with zero attached hydrogens (tertiary/aromatic N) is 9. The molecule has 1 fully saturated rings. The van der Waals surface area contributed by atoms with Crippen LogP contribution in [0, 0.1) is 18.6 Å². The number of ether oxygens (including phenoxy) is 3. The van der Waals surface area contributed by atoms with Gasteiger partial charge in [-0.25, -0.2) is 23.4 Å². The van der Waals surface area contributed by atoms with Crippen molar-refractivity contribution in [3.05, 3.63) is 72.2 Å². The van der Waals surface area contributed by atoms with Crippen LogP contribution in [0.4, 0.5) is 20.4 Å². The average molecular weight is 725 g/mol. The van der Waals surface area contributed by atoms with E-state index in [0.29, 0.717) is 77.1 Å². The van der Waals surface area contributed by atoms with Crippen molar-refractivity contribution in [3.63, 3.8) is 0 Å². The van der Waals surface area contributed by atoms with E-state index < -0.39 is 23.8 Å². The summed E-state index contributed by atoms with van der Waals surface area (Å²) in [5, 5.41) is 8.71. The summed E-state index contributed by atoms with van der Waals surface area (Å²) in [5.41, 5.74) is 3.29. The van der Waals surface area contributed by atoms with Crippen molar-refractivity contribution in [2.75, 3.05) is 51.2 Å². The molecule has 1 saturated heterocycles. The first-order valence-corrected chi connectivity index (χ1v) is 17.3. The SMILES string of the molecule is CCOc1nc(N2C[C@@H]3C[C@H]2C(=O)N(C)C[C@H](OC)Cn2c(C)nc4cc(F)cc(c42)-c2cccc(n2)N3)c2cnn(-c3ccc(F)cc3OC)c2n1. The minimum atomic E-state index is -0.660. The Morgan fingerprint density at radius 1 is 0.981 bits per heavy atom. The van der Waals surface area contributed by atoms with Crippen LogP contribution in [0.1, 0.15) is 19.2 Å². The van der Waals surface area contributed by atoms with E-state index in [0.717, 1.165) is 5.52 Å². The number of halogens is 2. The first-order chi connectivity index (χ1) is 25.6. The Bertz CT molecular complexity index is 2360. The number of aryl methyl sites for hydroxylation is 1. The summed E-state index contributed by atoms with van der Waals surface area (Å²) in [6.45, 7) is 4.99. The summed E-state index contributed by atoms with van der Waals surface area (Å²) in [6, 6.07) is 11.8. The Kier molecular flexibility index (Phi) is 8.76. The fraction of sp³-hybridized carbons (Fsp3) is 0.351. The molecule has 0 aliphatic carbocycles. The third-order valence-corrected chi connectivity index (χ3v) is 9.84. The number of carbonyl (C=O) groups excluding carboxylic acids is 1. The van der Waals surface area contributed by atoms with Crippen molar-refractivity contribution in [3.8, 4) is 28.7 Å². The van der Waals surface area contributed by atoms with Gasteiger partial charge in [0.25, 0.3) is 0 Å². The molecule has 0 saturated carbocycles. The molecule has 0 radical (unpaired) electrons. The van der Waals surface area contributed by atoms with Gasteiger partial charge in [0.15, 0.2) is 5.65 Å². The highest BCUT2D eigenvalue weighted by atomic mass is 19.1. The van der Waals surface area contributed by atoms with Gasteiger partial charge in [-0.1, -0.05) is 6.07 Å². The van der Waals surface area contributed by atoms with Gasteiger partial charge in [0.05, 0.1) is 54.7 Å². The van der Waals surface area contributed by atoms with E-state index in [1.165, 1.54) is 31.4 Å². The molecule has 4 bridgehead atoms. The number of hydrogen-bond donors (Lipinski definition) is 1. The first kappa shape index (κ1) is 34.2. The lowest BCUT2D eigenvalue weighted by atomic mass is 10.1. The molecule has 53 heavy (non-hydrogen) atoms. The number of aromatic nitrogens is 7. The molecule has 16 heteroatoms. The van der Waals surface area contributed by atoms with Crippen LogP contribution in [0.15, 0.2) is 54.7 Å². The lowest BCUT2D eigenvalue weighted by Gasteiger charge is -2.31. The number of imidazole rings is 1. The van der Waals surface area contributed by atoms with Gasteiger partial charge in [-0.2, -0.15) is 15.1 Å². The predicted octanol–water partition coefficient (Wildman–Crippen LogP) is 4.77. The smallest absolute Gasteiger partial charge is 0.320 e. The molecule has 4 aromatic heterocycles. The van der Waals surface area contributed by atoms with Crippen LogP contribution in [0.5, 0.6) is 11.8 Å². The number of amides is 1. The number of benzene rings is 2. The summed E-state index contributed by atoms with van der Waals surface area (Å²) in [6.07, 6.45) is 1.61. The third-order valence-electron chi connectivity index (χ3n) is 9.84. The van der Waals surface area contributed by atoms with Gasteiger partial charge in [-0.3, -0.25) is 4.79 Å². The number of fused-ring (bicyclic) bond motifs is 6. The van der Waals surface area contributed by atoms with Crippen LogP contribution in [0.3, 0.4) is 0 Å². The first-order valence-electron chi connectivity index (χ1n) is 17.3. The number of hydrogen-bond acceptors (Lipinski definition) is 11. The minimum Gasteiger partial charge on any atom is -0.494 e. The highest BCUT2D eigenvalue weighted by Crippen LogP contribution is 2.37. The fourth-order valence-electron chi connectivity index (χ4n) is 7.40. The number of rotatable bonds is 6. The Labute approximate surface area is 303 Å². The third kappa shape index (κ3) is 6.11. The van der Waals surface area contributed by atoms with Gasteiger partial charge >= 0.3 is 6.01 Å². The number of pyridine rings is 1. The largest absolute Gasteiger partial charge is 0.494 e. The van der Waals surface area contributed by atoms with Crippen LogP contribution in [0.2, 0.25) is 0 Å². The molecule has 274 valence electrons. The summed E-state index contributed by atoms with van der Waals surface area (Å²) >= 11 is 0. The van der Waals surface area contributed by atoms with Crippen LogP contribution < -0.4 is 19.7 Å². The van der Waals surface area contributed by atoms with Crippen LogP contribution in [-0.2, 0) is 16.1 Å². The second-order valence-electron chi connectivity index (χ2n) is 13.2. The van der Waals surface area contributed by atoms with Gasteiger partial charge in [0.2, 0.25) is 5.91 Å². The molecule has 2 aromatic carbocycles. The van der Waals surface area contributed by atoms with Crippen LogP contribution in [0.25, 0.3) is 39.0 Å². The van der Waals surface area contributed by atoms with Gasteiger partial charge in [-0.05, 0) is 50.6 Å². The van der Waals surface area contributed by atoms with E-state index in [4.69, 9.17) is 24.2 Å². The summed E-state index contributed by atoms with van der Waals surface area (Å²) in [7, 11) is 4.82. The van der Waals surface area contributed by atoms with E-state index in [1.807, 2.05) is 41.5 Å². The lowest BCUT2D eigenvalue weighted by molar-refractivity contribution is -0.132. The number of likely N-dealkylation sites (N-methyl/N-ethyl adjacent to an activating group) is 1. The van der Waals surface area contributed by atoms with Crippen molar-refractivity contribution in [1.82, 2.24) is 39.2 Å². The van der Waals surface area contributed by atoms with Gasteiger partial charge in [-0.15, -0.1) is 0 Å². The molecule has 2 aliphatic heterocycles. The van der Waals surface area contributed by atoms with Crippen molar-refractivity contribution in [2.24, 2.45) is 0 Å². The molecule has 8 rings (SSSR count). The van der Waals surface area contributed by atoms with E-state index in [2.05, 4.69) is 20.4 Å². The molecule has 6 aromatic rings. The number of nitrogens with one attached hydrogen (secondary N) is 1.